The molecule has 7 nitrogen and oxygen atoms in total. The number of pyridine rings is 1. The summed E-state index contributed by atoms with van der Waals surface area (Å²) in [5.41, 5.74) is 1.60. The number of benzene rings is 1. The van der Waals surface area contributed by atoms with Gasteiger partial charge >= 0.3 is 6.18 Å². The monoisotopic (exact) mass is 503 g/mol. The quantitative estimate of drug-likeness (QED) is 0.487. The summed E-state index contributed by atoms with van der Waals surface area (Å²) in [6.07, 6.45) is -2.89. The van der Waals surface area contributed by atoms with Crippen molar-refractivity contribution in [2.75, 3.05) is 31.1 Å². The lowest BCUT2D eigenvalue weighted by molar-refractivity contribution is -0.138. The SMILES string of the molecule is Cl.O=C(c1ccccc1C(F)(F)F)N1CC2=C(C1)CN(c1ccc(OCc3ccccn3)nn1)C2. The largest absolute Gasteiger partial charge is 0.470 e. The maximum absolute atomic E-state index is 13.3. The van der Waals surface area contributed by atoms with Crippen LogP contribution in [0.25, 0.3) is 0 Å². The Morgan fingerprint density at radius 3 is 2.26 bits per heavy atom. The van der Waals surface area contributed by atoms with E-state index in [9.17, 15) is 18.0 Å². The maximum atomic E-state index is 13.3. The van der Waals surface area contributed by atoms with E-state index in [1.165, 1.54) is 23.1 Å². The van der Waals surface area contributed by atoms with Crippen LogP contribution in [-0.2, 0) is 12.8 Å². The van der Waals surface area contributed by atoms with Crippen LogP contribution >= 0.6 is 12.4 Å². The summed E-state index contributed by atoms with van der Waals surface area (Å²) >= 11 is 0. The van der Waals surface area contributed by atoms with Gasteiger partial charge in [0.05, 0.1) is 16.8 Å². The van der Waals surface area contributed by atoms with Crippen molar-refractivity contribution in [2.24, 2.45) is 0 Å². The van der Waals surface area contributed by atoms with Gasteiger partial charge in [-0.1, -0.05) is 18.2 Å². The number of anilines is 1. The molecule has 0 fully saturated rings. The van der Waals surface area contributed by atoms with Gasteiger partial charge in [-0.25, -0.2) is 0 Å². The predicted octanol–water partition coefficient (Wildman–Crippen LogP) is 4.16. The van der Waals surface area contributed by atoms with Crippen LogP contribution in [0.4, 0.5) is 19.0 Å². The van der Waals surface area contributed by atoms with Gasteiger partial charge in [-0.3, -0.25) is 9.78 Å². The lowest BCUT2D eigenvalue weighted by atomic mass is 10.1. The second-order valence-corrected chi connectivity index (χ2v) is 8.11. The average molecular weight is 504 g/mol. The number of aromatic nitrogens is 3. The first kappa shape index (κ1) is 24.5. The van der Waals surface area contributed by atoms with Crippen molar-refractivity contribution >= 4 is 24.1 Å². The standard InChI is InChI=1S/C24H20F3N5O2.ClH/c25-24(26,27)20-7-2-1-6-19(20)23(33)32-13-16-11-31(12-17(16)14-32)21-8-9-22(30-29-21)34-15-18-5-3-4-10-28-18;/h1-10H,11-15H2;1H. The molecule has 3 aromatic rings. The van der Waals surface area contributed by atoms with Crippen molar-refractivity contribution < 1.29 is 22.7 Å². The van der Waals surface area contributed by atoms with Gasteiger partial charge < -0.3 is 14.5 Å². The van der Waals surface area contributed by atoms with E-state index in [-0.39, 0.29) is 24.6 Å². The Kier molecular flexibility index (Phi) is 6.93. The van der Waals surface area contributed by atoms with E-state index in [0.717, 1.165) is 22.9 Å². The molecule has 182 valence electrons. The van der Waals surface area contributed by atoms with Crippen LogP contribution < -0.4 is 9.64 Å². The summed E-state index contributed by atoms with van der Waals surface area (Å²) in [5.74, 6) is 0.442. The van der Waals surface area contributed by atoms with Gasteiger partial charge in [0, 0.05) is 38.4 Å². The van der Waals surface area contributed by atoms with Gasteiger partial charge in [-0.15, -0.1) is 22.6 Å². The number of rotatable bonds is 5. The maximum Gasteiger partial charge on any atom is 0.417 e. The first-order valence-corrected chi connectivity index (χ1v) is 10.6. The molecule has 2 aliphatic rings. The summed E-state index contributed by atoms with van der Waals surface area (Å²) < 4.78 is 45.6. The fraction of sp³-hybridized carbons (Fsp3) is 0.250. The third-order valence-corrected chi connectivity index (χ3v) is 5.82. The van der Waals surface area contributed by atoms with E-state index >= 15 is 0 Å². The zero-order chi connectivity index (χ0) is 23.7. The molecule has 35 heavy (non-hydrogen) atoms. The van der Waals surface area contributed by atoms with Crippen molar-refractivity contribution in [2.45, 2.75) is 12.8 Å². The number of carbonyl (C=O) groups excluding carboxylic acids is 1. The first-order valence-electron chi connectivity index (χ1n) is 10.6. The molecule has 0 unspecified atom stereocenters. The molecule has 1 amide bonds. The Labute approximate surface area is 205 Å². The van der Waals surface area contributed by atoms with Crippen molar-refractivity contribution in [3.8, 4) is 5.88 Å². The average Bonchev–Trinajstić information content (AvgIpc) is 3.42. The summed E-state index contributed by atoms with van der Waals surface area (Å²) in [4.78, 5) is 20.5. The Morgan fingerprint density at radius 1 is 0.914 bits per heavy atom. The van der Waals surface area contributed by atoms with Crippen LogP contribution in [0.5, 0.6) is 5.88 Å². The number of hydrogen-bond donors (Lipinski definition) is 0. The Balaban J connectivity index is 0.00000289. The van der Waals surface area contributed by atoms with Gasteiger partial charge in [0.2, 0.25) is 5.88 Å². The lowest BCUT2D eigenvalue weighted by Crippen LogP contribution is -2.35. The Morgan fingerprint density at radius 2 is 1.63 bits per heavy atom. The number of carbonyl (C=O) groups is 1. The van der Waals surface area contributed by atoms with E-state index in [1.807, 2.05) is 29.2 Å². The highest BCUT2D eigenvalue weighted by molar-refractivity contribution is 5.96. The molecule has 0 spiro atoms. The Hall–Kier alpha value is -3.66. The first-order chi connectivity index (χ1) is 16.4. The van der Waals surface area contributed by atoms with Crippen LogP contribution in [-0.4, -0.2) is 52.2 Å². The molecule has 0 saturated carbocycles. The zero-order valence-corrected chi connectivity index (χ0v) is 19.2. The normalized spacial score (nSPS) is 15.2. The fourth-order valence-electron chi connectivity index (χ4n) is 4.16. The molecule has 0 bridgehead atoms. The van der Waals surface area contributed by atoms with E-state index in [2.05, 4.69) is 15.2 Å². The smallest absolute Gasteiger partial charge is 0.417 e. The van der Waals surface area contributed by atoms with Gasteiger partial charge in [0.25, 0.3) is 5.91 Å². The van der Waals surface area contributed by atoms with Crippen LogP contribution in [0.1, 0.15) is 21.6 Å². The highest BCUT2D eigenvalue weighted by atomic mass is 35.5. The molecule has 0 radical (unpaired) electrons. The van der Waals surface area contributed by atoms with Gasteiger partial charge in [0.1, 0.15) is 6.61 Å². The van der Waals surface area contributed by atoms with Crippen molar-refractivity contribution in [3.05, 3.63) is 88.8 Å². The van der Waals surface area contributed by atoms with Gasteiger partial charge in [-0.05, 0) is 41.5 Å². The number of hydrogen-bond acceptors (Lipinski definition) is 6. The lowest BCUT2D eigenvalue weighted by Gasteiger charge is -2.24. The fourth-order valence-corrected chi connectivity index (χ4v) is 4.16. The molecular weight excluding hydrogens is 483 g/mol. The molecule has 1 aromatic carbocycles. The van der Waals surface area contributed by atoms with Crippen LogP contribution in [0.15, 0.2) is 71.9 Å². The highest BCUT2D eigenvalue weighted by Gasteiger charge is 2.38. The Bertz CT molecular complexity index is 1220. The molecule has 5 rings (SSSR count). The summed E-state index contributed by atoms with van der Waals surface area (Å²) in [6, 6.07) is 14.0. The molecule has 0 N–H and O–H groups in total. The highest BCUT2D eigenvalue weighted by Crippen LogP contribution is 2.34. The summed E-state index contributed by atoms with van der Waals surface area (Å²) in [5, 5.41) is 8.36. The predicted molar refractivity (Wildman–Crippen MR) is 124 cm³/mol. The van der Waals surface area contributed by atoms with Crippen molar-refractivity contribution in [1.29, 1.82) is 0 Å². The number of nitrogens with zero attached hydrogens (tertiary/aromatic N) is 5. The second kappa shape index (κ2) is 9.91. The van der Waals surface area contributed by atoms with E-state index in [0.29, 0.717) is 37.9 Å². The van der Waals surface area contributed by atoms with E-state index < -0.39 is 17.6 Å². The zero-order valence-electron chi connectivity index (χ0n) is 18.4. The third-order valence-electron chi connectivity index (χ3n) is 5.82. The van der Waals surface area contributed by atoms with Crippen molar-refractivity contribution in [1.82, 2.24) is 20.1 Å². The third kappa shape index (κ3) is 5.22. The minimum absolute atomic E-state index is 0. The molecule has 4 heterocycles. The van der Waals surface area contributed by atoms with Crippen LogP contribution in [0.3, 0.4) is 0 Å². The van der Waals surface area contributed by atoms with Crippen LogP contribution in [0.2, 0.25) is 0 Å². The minimum atomic E-state index is -4.58. The molecule has 0 aliphatic carbocycles. The topological polar surface area (TPSA) is 71.5 Å². The molecule has 2 aliphatic heterocycles. The van der Waals surface area contributed by atoms with Gasteiger partial charge in [-0.2, -0.15) is 13.2 Å². The number of amides is 1. The molecule has 0 saturated heterocycles. The minimum Gasteiger partial charge on any atom is -0.470 e. The number of halogens is 4. The number of ether oxygens (including phenoxy) is 1. The van der Waals surface area contributed by atoms with Crippen molar-refractivity contribution in [3.63, 3.8) is 0 Å². The van der Waals surface area contributed by atoms with E-state index in [1.54, 1.807) is 12.3 Å². The van der Waals surface area contributed by atoms with Gasteiger partial charge in [0.15, 0.2) is 5.82 Å². The van der Waals surface area contributed by atoms with Crippen LogP contribution in [0, 0.1) is 0 Å². The van der Waals surface area contributed by atoms with E-state index in [4.69, 9.17) is 4.74 Å². The second-order valence-electron chi connectivity index (χ2n) is 8.11. The molecular formula is C24H21ClF3N5O2. The summed E-state index contributed by atoms with van der Waals surface area (Å²) in [6.45, 7) is 1.98. The molecule has 11 heteroatoms. The number of alkyl halides is 3. The molecule has 2 aromatic heterocycles. The molecule has 0 atom stereocenters. The summed E-state index contributed by atoms with van der Waals surface area (Å²) in [7, 11) is 0.